The van der Waals surface area contributed by atoms with Crippen LogP contribution in [0.15, 0.2) is 23.1 Å². The highest BCUT2D eigenvalue weighted by molar-refractivity contribution is 7.89. The Balaban J connectivity index is 0.00000289. The number of hydrogen-bond acceptors (Lipinski definition) is 3. The van der Waals surface area contributed by atoms with Gasteiger partial charge < -0.3 is 5.32 Å². The summed E-state index contributed by atoms with van der Waals surface area (Å²) in [5.41, 5.74) is 0.860. The number of halogens is 2. The van der Waals surface area contributed by atoms with E-state index in [-0.39, 0.29) is 17.3 Å². The van der Waals surface area contributed by atoms with Gasteiger partial charge in [-0.1, -0.05) is 24.6 Å². The summed E-state index contributed by atoms with van der Waals surface area (Å²) in [6.45, 7) is 5.58. The Hall–Kier alpha value is -0.330. The fourth-order valence-corrected chi connectivity index (χ4v) is 2.58. The van der Waals surface area contributed by atoms with E-state index in [1.807, 2.05) is 13.8 Å². The maximum Gasteiger partial charge on any atom is 0.240 e. The summed E-state index contributed by atoms with van der Waals surface area (Å²) in [5.74, 6) is 0. The molecule has 0 aliphatic carbocycles. The number of hydrogen-bond donors (Lipinski definition) is 2. The average Bonchev–Trinajstić information content (AvgIpc) is 2.28. The van der Waals surface area contributed by atoms with Gasteiger partial charge in [0.25, 0.3) is 0 Å². The molecule has 4 nitrogen and oxygen atoms in total. The van der Waals surface area contributed by atoms with Gasteiger partial charge in [0.2, 0.25) is 10.0 Å². The summed E-state index contributed by atoms with van der Waals surface area (Å²) in [4.78, 5) is 0.199. The van der Waals surface area contributed by atoms with Gasteiger partial charge in [0.05, 0.1) is 4.90 Å². The molecule has 0 bridgehead atoms. The first-order valence-corrected chi connectivity index (χ1v) is 7.30. The fourth-order valence-electron chi connectivity index (χ4n) is 1.27. The molecule has 104 valence electrons. The SMILES string of the molecule is CCNCCNS(=O)(=O)c1ccc(C)c(Cl)c1.Cl. The highest BCUT2D eigenvalue weighted by Crippen LogP contribution is 2.19. The molecule has 7 heteroatoms. The summed E-state index contributed by atoms with van der Waals surface area (Å²) in [6.07, 6.45) is 0. The molecular formula is C11H18Cl2N2O2S. The van der Waals surface area contributed by atoms with E-state index in [1.165, 1.54) is 6.07 Å². The van der Waals surface area contributed by atoms with Gasteiger partial charge in [0, 0.05) is 18.1 Å². The number of aryl methyl sites for hydroxylation is 1. The molecule has 0 heterocycles. The first-order valence-electron chi connectivity index (χ1n) is 5.44. The molecule has 0 unspecified atom stereocenters. The van der Waals surface area contributed by atoms with Gasteiger partial charge in [-0.3, -0.25) is 0 Å². The van der Waals surface area contributed by atoms with Crippen molar-refractivity contribution in [2.24, 2.45) is 0 Å². The molecule has 0 aromatic heterocycles. The lowest BCUT2D eigenvalue weighted by atomic mass is 10.2. The van der Waals surface area contributed by atoms with Crippen molar-refractivity contribution in [3.05, 3.63) is 28.8 Å². The summed E-state index contributed by atoms with van der Waals surface area (Å²) in [7, 11) is -3.45. The van der Waals surface area contributed by atoms with Crippen molar-refractivity contribution in [2.75, 3.05) is 19.6 Å². The van der Waals surface area contributed by atoms with Gasteiger partial charge in [0.1, 0.15) is 0 Å². The molecule has 0 aliphatic rings. The highest BCUT2D eigenvalue weighted by atomic mass is 35.5. The molecule has 0 saturated carbocycles. The molecule has 0 radical (unpaired) electrons. The molecule has 1 aromatic rings. The third-order valence-corrected chi connectivity index (χ3v) is 4.16. The second kappa shape index (κ2) is 7.96. The summed E-state index contributed by atoms with van der Waals surface area (Å²) in [6, 6.07) is 4.71. The minimum Gasteiger partial charge on any atom is -0.316 e. The quantitative estimate of drug-likeness (QED) is 0.789. The lowest BCUT2D eigenvalue weighted by Gasteiger charge is -2.08. The molecule has 1 aromatic carbocycles. The fraction of sp³-hybridized carbons (Fsp3) is 0.455. The van der Waals surface area contributed by atoms with Crippen molar-refractivity contribution < 1.29 is 8.42 Å². The third-order valence-electron chi connectivity index (χ3n) is 2.30. The Kier molecular flexibility index (Phi) is 7.82. The van der Waals surface area contributed by atoms with E-state index in [2.05, 4.69) is 10.0 Å². The van der Waals surface area contributed by atoms with E-state index >= 15 is 0 Å². The minimum absolute atomic E-state index is 0. The number of rotatable bonds is 6. The lowest BCUT2D eigenvalue weighted by molar-refractivity contribution is 0.577. The molecule has 0 saturated heterocycles. The van der Waals surface area contributed by atoms with Crippen LogP contribution in [0.3, 0.4) is 0 Å². The van der Waals surface area contributed by atoms with Crippen molar-refractivity contribution in [3.63, 3.8) is 0 Å². The maximum atomic E-state index is 11.9. The van der Waals surface area contributed by atoms with Gasteiger partial charge in [-0.2, -0.15) is 0 Å². The Bertz CT molecular complexity index is 478. The van der Waals surface area contributed by atoms with Gasteiger partial charge >= 0.3 is 0 Å². The largest absolute Gasteiger partial charge is 0.316 e. The van der Waals surface area contributed by atoms with Crippen LogP contribution in [0.4, 0.5) is 0 Å². The van der Waals surface area contributed by atoms with Gasteiger partial charge in [-0.05, 0) is 31.2 Å². The lowest BCUT2D eigenvalue weighted by Crippen LogP contribution is -2.31. The zero-order valence-electron chi connectivity index (χ0n) is 10.4. The Morgan fingerprint density at radius 2 is 1.94 bits per heavy atom. The molecule has 2 N–H and O–H groups in total. The normalized spacial score (nSPS) is 11.1. The number of likely N-dealkylation sites (N-methyl/N-ethyl adjacent to an activating group) is 1. The third kappa shape index (κ3) is 5.12. The minimum atomic E-state index is -3.45. The van der Waals surface area contributed by atoms with Crippen LogP contribution in [-0.4, -0.2) is 28.1 Å². The zero-order chi connectivity index (χ0) is 12.9. The molecule has 0 amide bonds. The molecular weight excluding hydrogens is 295 g/mol. The summed E-state index contributed by atoms with van der Waals surface area (Å²) in [5, 5.41) is 3.50. The Labute approximate surface area is 120 Å². The second-order valence-corrected chi connectivity index (χ2v) is 5.84. The maximum absolute atomic E-state index is 11.9. The Morgan fingerprint density at radius 1 is 1.28 bits per heavy atom. The van der Waals surface area contributed by atoms with Crippen molar-refractivity contribution in [3.8, 4) is 0 Å². The van der Waals surface area contributed by atoms with Crippen LogP contribution < -0.4 is 10.0 Å². The molecule has 0 spiro atoms. The predicted octanol–water partition coefficient (Wildman–Crippen LogP) is 1.96. The topological polar surface area (TPSA) is 58.2 Å². The van der Waals surface area contributed by atoms with E-state index in [0.717, 1.165) is 12.1 Å². The van der Waals surface area contributed by atoms with Crippen molar-refractivity contribution in [1.82, 2.24) is 10.0 Å². The number of benzene rings is 1. The van der Waals surface area contributed by atoms with Crippen LogP contribution in [0.1, 0.15) is 12.5 Å². The molecule has 0 atom stereocenters. The van der Waals surface area contributed by atoms with Crippen LogP contribution in [0.2, 0.25) is 5.02 Å². The van der Waals surface area contributed by atoms with Crippen LogP contribution in [0, 0.1) is 6.92 Å². The van der Waals surface area contributed by atoms with Crippen molar-refractivity contribution in [2.45, 2.75) is 18.7 Å². The number of nitrogens with one attached hydrogen (secondary N) is 2. The molecule has 0 fully saturated rings. The van der Waals surface area contributed by atoms with Crippen LogP contribution in [-0.2, 0) is 10.0 Å². The average molecular weight is 313 g/mol. The van der Waals surface area contributed by atoms with E-state index in [9.17, 15) is 8.42 Å². The zero-order valence-corrected chi connectivity index (χ0v) is 12.8. The van der Waals surface area contributed by atoms with E-state index in [4.69, 9.17) is 11.6 Å². The highest BCUT2D eigenvalue weighted by Gasteiger charge is 2.13. The predicted molar refractivity (Wildman–Crippen MR) is 77.2 cm³/mol. The van der Waals surface area contributed by atoms with Gasteiger partial charge in [0.15, 0.2) is 0 Å². The monoisotopic (exact) mass is 312 g/mol. The molecule has 1 rings (SSSR count). The van der Waals surface area contributed by atoms with E-state index in [1.54, 1.807) is 12.1 Å². The second-order valence-electron chi connectivity index (χ2n) is 3.66. The summed E-state index contributed by atoms with van der Waals surface area (Å²) >= 11 is 5.90. The van der Waals surface area contributed by atoms with E-state index < -0.39 is 10.0 Å². The first-order chi connectivity index (χ1) is 7.97. The van der Waals surface area contributed by atoms with Gasteiger partial charge in [-0.15, -0.1) is 12.4 Å². The Morgan fingerprint density at radius 3 is 2.50 bits per heavy atom. The van der Waals surface area contributed by atoms with Crippen LogP contribution in [0.5, 0.6) is 0 Å². The first kappa shape index (κ1) is 17.7. The number of sulfonamides is 1. The molecule has 0 aliphatic heterocycles. The smallest absolute Gasteiger partial charge is 0.240 e. The molecule has 18 heavy (non-hydrogen) atoms. The van der Waals surface area contributed by atoms with E-state index in [0.29, 0.717) is 18.1 Å². The van der Waals surface area contributed by atoms with Crippen LogP contribution in [0.25, 0.3) is 0 Å². The van der Waals surface area contributed by atoms with Gasteiger partial charge in [-0.25, -0.2) is 13.1 Å². The van der Waals surface area contributed by atoms with Crippen molar-refractivity contribution in [1.29, 1.82) is 0 Å². The standard InChI is InChI=1S/C11H17ClN2O2S.ClH/c1-3-13-6-7-14-17(15,16)10-5-4-9(2)11(12)8-10;/h4-5,8,13-14H,3,6-7H2,1-2H3;1H. The van der Waals surface area contributed by atoms with Crippen molar-refractivity contribution >= 4 is 34.0 Å². The van der Waals surface area contributed by atoms with Crippen LogP contribution >= 0.6 is 24.0 Å². The summed E-state index contributed by atoms with van der Waals surface area (Å²) < 4.78 is 26.2.